The molecule has 1 aliphatic heterocycles. The average molecular weight is 255 g/mol. The van der Waals surface area contributed by atoms with Crippen LogP contribution >= 0.6 is 0 Å². The summed E-state index contributed by atoms with van der Waals surface area (Å²) in [4.78, 5) is 24.5. The first-order valence-corrected chi connectivity index (χ1v) is 6.09. The molecule has 0 aromatic heterocycles. The van der Waals surface area contributed by atoms with E-state index in [0.717, 1.165) is 0 Å². The molecule has 1 heterocycles. The molecular formula is C13H21NO4. The largest absolute Gasteiger partial charge is 0.481 e. The van der Waals surface area contributed by atoms with Crippen LogP contribution in [0, 0.1) is 5.92 Å². The maximum atomic E-state index is 12.0. The van der Waals surface area contributed by atoms with E-state index < -0.39 is 23.6 Å². The fourth-order valence-electron chi connectivity index (χ4n) is 1.97. The molecule has 5 nitrogen and oxygen atoms in total. The normalized spacial score (nSPS) is 24.5. The van der Waals surface area contributed by atoms with E-state index >= 15 is 0 Å². The lowest BCUT2D eigenvalue weighted by Gasteiger charge is -2.37. The summed E-state index contributed by atoms with van der Waals surface area (Å²) in [6.07, 6.45) is 2.37. The number of carboxylic acid groups (broad SMARTS) is 1. The highest BCUT2D eigenvalue weighted by molar-refractivity contribution is 5.73. The van der Waals surface area contributed by atoms with Crippen LogP contribution in [0.5, 0.6) is 0 Å². The van der Waals surface area contributed by atoms with Crippen molar-refractivity contribution in [2.75, 3.05) is 6.54 Å². The zero-order chi connectivity index (χ0) is 13.9. The van der Waals surface area contributed by atoms with Crippen LogP contribution in [0.25, 0.3) is 0 Å². The number of carbonyl (C=O) groups is 2. The Morgan fingerprint density at radius 1 is 1.39 bits per heavy atom. The van der Waals surface area contributed by atoms with Crippen LogP contribution in [-0.4, -0.2) is 40.3 Å². The number of aliphatic carboxylic acids is 1. The van der Waals surface area contributed by atoms with Gasteiger partial charge in [-0.1, -0.05) is 6.08 Å². The molecule has 1 aliphatic rings. The van der Waals surface area contributed by atoms with Crippen molar-refractivity contribution in [3.05, 3.63) is 12.7 Å². The fraction of sp³-hybridized carbons (Fsp3) is 0.692. The van der Waals surface area contributed by atoms with Crippen molar-refractivity contribution in [1.82, 2.24) is 4.90 Å². The number of carbonyl (C=O) groups excluding carboxylic acids is 1. The molecule has 0 bridgehead atoms. The minimum absolute atomic E-state index is 0.143. The summed E-state index contributed by atoms with van der Waals surface area (Å²) in [6.45, 7) is 9.22. The van der Waals surface area contributed by atoms with E-state index in [1.807, 2.05) is 0 Å². The molecule has 18 heavy (non-hydrogen) atoms. The van der Waals surface area contributed by atoms with Crippen LogP contribution in [0.1, 0.15) is 33.6 Å². The highest BCUT2D eigenvalue weighted by Gasteiger charge is 2.35. The van der Waals surface area contributed by atoms with E-state index in [4.69, 9.17) is 9.84 Å². The predicted octanol–water partition coefficient (Wildman–Crippen LogP) is 2.27. The van der Waals surface area contributed by atoms with Gasteiger partial charge in [0, 0.05) is 6.54 Å². The van der Waals surface area contributed by atoms with Crippen molar-refractivity contribution < 1.29 is 19.4 Å². The quantitative estimate of drug-likeness (QED) is 0.769. The Balaban J connectivity index is 2.77. The summed E-state index contributed by atoms with van der Waals surface area (Å²) in [7, 11) is 0. The highest BCUT2D eigenvalue weighted by Crippen LogP contribution is 2.25. The molecule has 102 valence electrons. The van der Waals surface area contributed by atoms with Gasteiger partial charge in [-0.3, -0.25) is 4.79 Å². The summed E-state index contributed by atoms with van der Waals surface area (Å²) in [5.74, 6) is -1.39. The van der Waals surface area contributed by atoms with E-state index in [1.54, 1.807) is 26.8 Å². The van der Waals surface area contributed by atoms with Crippen molar-refractivity contribution in [3.63, 3.8) is 0 Å². The Bertz CT molecular complexity index is 345. The van der Waals surface area contributed by atoms with Gasteiger partial charge < -0.3 is 14.7 Å². The molecule has 0 aromatic rings. The number of ether oxygens (including phenoxy) is 1. The summed E-state index contributed by atoms with van der Waals surface area (Å²) in [6, 6.07) is -0.143. The van der Waals surface area contributed by atoms with E-state index in [1.165, 1.54) is 4.90 Å². The van der Waals surface area contributed by atoms with Crippen molar-refractivity contribution in [1.29, 1.82) is 0 Å². The molecule has 2 unspecified atom stereocenters. The van der Waals surface area contributed by atoms with Gasteiger partial charge in [-0.2, -0.15) is 0 Å². The van der Waals surface area contributed by atoms with E-state index in [2.05, 4.69) is 6.58 Å². The third-order valence-corrected chi connectivity index (χ3v) is 2.88. The van der Waals surface area contributed by atoms with Crippen LogP contribution in [0.3, 0.4) is 0 Å². The molecule has 0 aromatic carbocycles. The van der Waals surface area contributed by atoms with Gasteiger partial charge in [0.2, 0.25) is 0 Å². The second-order valence-electron chi connectivity index (χ2n) is 5.55. The average Bonchev–Trinajstić information content (AvgIpc) is 2.25. The third-order valence-electron chi connectivity index (χ3n) is 2.88. The Kier molecular flexibility index (Phi) is 4.38. The molecule has 1 amide bonds. The SMILES string of the molecule is C=CC1CCC(C(=O)O)CN1C(=O)OC(C)(C)C. The monoisotopic (exact) mass is 255 g/mol. The molecular weight excluding hydrogens is 234 g/mol. The summed E-state index contributed by atoms with van der Waals surface area (Å²) < 4.78 is 5.28. The Morgan fingerprint density at radius 3 is 2.44 bits per heavy atom. The first-order chi connectivity index (χ1) is 8.24. The van der Waals surface area contributed by atoms with Crippen LogP contribution in [0.15, 0.2) is 12.7 Å². The van der Waals surface area contributed by atoms with E-state index in [-0.39, 0.29) is 12.6 Å². The van der Waals surface area contributed by atoms with Crippen molar-refractivity contribution in [2.45, 2.75) is 45.3 Å². The molecule has 5 heteroatoms. The molecule has 0 radical (unpaired) electrons. The number of hydrogen-bond acceptors (Lipinski definition) is 3. The second-order valence-corrected chi connectivity index (χ2v) is 5.55. The van der Waals surface area contributed by atoms with Gasteiger partial charge in [0.15, 0.2) is 0 Å². The highest BCUT2D eigenvalue weighted by atomic mass is 16.6. The summed E-state index contributed by atoms with van der Waals surface area (Å²) in [5.41, 5.74) is -0.584. The fourth-order valence-corrected chi connectivity index (χ4v) is 1.97. The molecule has 1 saturated heterocycles. The zero-order valence-electron chi connectivity index (χ0n) is 11.2. The lowest BCUT2D eigenvalue weighted by molar-refractivity contribution is -0.143. The van der Waals surface area contributed by atoms with Gasteiger partial charge in [0.25, 0.3) is 0 Å². The number of likely N-dealkylation sites (tertiary alicyclic amines) is 1. The van der Waals surface area contributed by atoms with Gasteiger partial charge in [0.05, 0.1) is 12.0 Å². The maximum Gasteiger partial charge on any atom is 0.410 e. The lowest BCUT2D eigenvalue weighted by atomic mass is 9.93. The Hall–Kier alpha value is -1.52. The number of nitrogens with zero attached hydrogens (tertiary/aromatic N) is 1. The molecule has 1 fully saturated rings. The molecule has 0 spiro atoms. The maximum absolute atomic E-state index is 12.0. The second kappa shape index (κ2) is 5.42. The third kappa shape index (κ3) is 3.75. The standard InChI is InChI=1S/C13H21NO4/c1-5-10-7-6-9(11(15)16)8-14(10)12(17)18-13(2,3)4/h5,9-10H,1,6-8H2,2-4H3,(H,15,16). The number of rotatable bonds is 2. The zero-order valence-corrected chi connectivity index (χ0v) is 11.2. The summed E-state index contributed by atoms with van der Waals surface area (Å²) >= 11 is 0. The minimum atomic E-state index is -0.869. The summed E-state index contributed by atoms with van der Waals surface area (Å²) in [5, 5.41) is 9.02. The number of piperidine rings is 1. The lowest BCUT2D eigenvalue weighted by Crippen LogP contribution is -2.49. The molecule has 1 rings (SSSR count). The first-order valence-electron chi connectivity index (χ1n) is 6.09. The van der Waals surface area contributed by atoms with Crippen LogP contribution < -0.4 is 0 Å². The van der Waals surface area contributed by atoms with Crippen LogP contribution in [-0.2, 0) is 9.53 Å². The Labute approximate surface area is 107 Å². The molecule has 0 aliphatic carbocycles. The van der Waals surface area contributed by atoms with Gasteiger partial charge in [-0.25, -0.2) is 4.79 Å². The number of hydrogen-bond donors (Lipinski definition) is 1. The topological polar surface area (TPSA) is 66.8 Å². The van der Waals surface area contributed by atoms with Crippen molar-refractivity contribution >= 4 is 12.1 Å². The van der Waals surface area contributed by atoms with Gasteiger partial charge in [0.1, 0.15) is 5.60 Å². The van der Waals surface area contributed by atoms with Crippen molar-refractivity contribution in [3.8, 4) is 0 Å². The van der Waals surface area contributed by atoms with E-state index in [9.17, 15) is 9.59 Å². The van der Waals surface area contributed by atoms with Gasteiger partial charge in [-0.05, 0) is 33.6 Å². The number of amides is 1. The predicted molar refractivity (Wildman–Crippen MR) is 67.3 cm³/mol. The molecule has 0 saturated carbocycles. The van der Waals surface area contributed by atoms with Gasteiger partial charge >= 0.3 is 12.1 Å². The van der Waals surface area contributed by atoms with Crippen LogP contribution in [0.4, 0.5) is 4.79 Å². The van der Waals surface area contributed by atoms with Crippen LogP contribution in [0.2, 0.25) is 0 Å². The first kappa shape index (κ1) is 14.5. The van der Waals surface area contributed by atoms with Crippen molar-refractivity contribution in [2.24, 2.45) is 5.92 Å². The molecule has 1 N–H and O–H groups in total. The molecule has 2 atom stereocenters. The Morgan fingerprint density at radius 2 is 2.00 bits per heavy atom. The van der Waals surface area contributed by atoms with E-state index in [0.29, 0.717) is 12.8 Å². The smallest absolute Gasteiger partial charge is 0.410 e. The minimum Gasteiger partial charge on any atom is -0.481 e. The number of carboxylic acids is 1. The van der Waals surface area contributed by atoms with Gasteiger partial charge in [-0.15, -0.1) is 6.58 Å².